The largest absolute Gasteiger partial charge is 0.352 e. The SMILES string of the molecule is CC(C)C(C)NC(=O)CNS(=O)(=O)c1ccc(Cl)s1. The van der Waals surface area contributed by atoms with Gasteiger partial charge in [-0.3, -0.25) is 4.79 Å². The van der Waals surface area contributed by atoms with Gasteiger partial charge in [0.25, 0.3) is 10.0 Å². The summed E-state index contributed by atoms with van der Waals surface area (Å²) in [5.74, 6) is -0.0657. The average molecular weight is 325 g/mol. The zero-order valence-electron chi connectivity index (χ0n) is 10.9. The molecule has 1 rings (SSSR count). The number of halogens is 1. The van der Waals surface area contributed by atoms with Crippen LogP contribution in [0, 0.1) is 5.92 Å². The molecule has 1 atom stereocenters. The summed E-state index contributed by atoms with van der Waals surface area (Å²) in [6.07, 6.45) is 0. The van der Waals surface area contributed by atoms with Crippen LogP contribution < -0.4 is 10.0 Å². The molecule has 2 N–H and O–H groups in total. The van der Waals surface area contributed by atoms with Crippen LogP contribution in [0.2, 0.25) is 4.34 Å². The Morgan fingerprint density at radius 1 is 1.37 bits per heavy atom. The van der Waals surface area contributed by atoms with Crippen LogP contribution in [0.15, 0.2) is 16.3 Å². The molecular formula is C11H17ClN2O3S2. The van der Waals surface area contributed by atoms with E-state index in [1.807, 2.05) is 20.8 Å². The molecule has 1 unspecified atom stereocenters. The second-order valence-corrected chi connectivity index (χ2v) is 8.19. The lowest BCUT2D eigenvalue weighted by Crippen LogP contribution is -2.42. The van der Waals surface area contributed by atoms with Gasteiger partial charge in [0.2, 0.25) is 5.91 Å². The van der Waals surface area contributed by atoms with E-state index in [2.05, 4.69) is 10.0 Å². The molecule has 0 aliphatic carbocycles. The van der Waals surface area contributed by atoms with E-state index in [1.54, 1.807) is 0 Å². The summed E-state index contributed by atoms with van der Waals surface area (Å²) in [4.78, 5) is 11.6. The maximum absolute atomic E-state index is 11.8. The van der Waals surface area contributed by atoms with Crippen molar-refractivity contribution in [3.8, 4) is 0 Å². The third-order valence-corrected chi connectivity index (χ3v) is 5.75. The molecule has 0 aliphatic heterocycles. The van der Waals surface area contributed by atoms with Gasteiger partial charge in [-0.15, -0.1) is 11.3 Å². The van der Waals surface area contributed by atoms with Crippen molar-refractivity contribution < 1.29 is 13.2 Å². The third-order valence-electron chi connectivity index (χ3n) is 2.62. The van der Waals surface area contributed by atoms with Gasteiger partial charge in [-0.2, -0.15) is 0 Å². The molecule has 0 bridgehead atoms. The van der Waals surface area contributed by atoms with E-state index < -0.39 is 10.0 Å². The van der Waals surface area contributed by atoms with Gasteiger partial charge in [0.15, 0.2) is 0 Å². The van der Waals surface area contributed by atoms with E-state index in [0.717, 1.165) is 11.3 Å². The first kappa shape index (κ1) is 16.4. The Labute approximate surface area is 122 Å². The van der Waals surface area contributed by atoms with Crippen molar-refractivity contribution in [1.29, 1.82) is 0 Å². The first-order valence-electron chi connectivity index (χ1n) is 5.76. The highest BCUT2D eigenvalue weighted by Gasteiger charge is 2.18. The monoisotopic (exact) mass is 324 g/mol. The van der Waals surface area contributed by atoms with Crippen molar-refractivity contribution in [3.63, 3.8) is 0 Å². The smallest absolute Gasteiger partial charge is 0.250 e. The van der Waals surface area contributed by atoms with Crippen LogP contribution in [0.4, 0.5) is 0 Å². The molecule has 0 aromatic carbocycles. The van der Waals surface area contributed by atoms with Crippen molar-refractivity contribution in [2.45, 2.75) is 31.0 Å². The van der Waals surface area contributed by atoms with Crippen molar-refractivity contribution >= 4 is 38.9 Å². The Bertz CT molecular complexity index is 540. The Morgan fingerprint density at radius 3 is 2.47 bits per heavy atom. The molecule has 0 saturated heterocycles. The summed E-state index contributed by atoms with van der Waals surface area (Å²) in [5, 5.41) is 2.72. The fourth-order valence-electron chi connectivity index (χ4n) is 1.15. The van der Waals surface area contributed by atoms with Crippen LogP contribution in [-0.4, -0.2) is 26.9 Å². The van der Waals surface area contributed by atoms with Gasteiger partial charge in [0.1, 0.15) is 4.21 Å². The van der Waals surface area contributed by atoms with Crippen LogP contribution in [0.1, 0.15) is 20.8 Å². The molecule has 1 aromatic rings. The lowest BCUT2D eigenvalue weighted by atomic mass is 10.1. The molecule has 8 heteroatoms. The fourth-order valence-corrected chi connectivity index (χ4v) is 3.65. The highest BCUT2D eigenvalue weighted by molar-refractivity contribution is 7.91. The summed E-state index contributed by atoms with van der Waals surface area (Å²) in [7, 11) is -3.67. The topological polar surface area (TPSA) is 75.3 Å². The first-order valence-corrected chi connectivity index (χ1v) is 8.44. The second kappa shape index (κ2) is 6.69. The maximum Gasteiger partial charge on any atom is 0.250 e. The summed E-state index contributed by atoms with van der Waals surface area (Å²) in [6, 6.07) is 2.90. The van der Waals surface area contributed by atoms with Gasteiger partial charge in [-0.25, -0.2) is 13.1 Å². The lowest BCUT2D eigenvalue weighted by Gasteiger charge is -2.17. The highest BCUT2D eigenvalue weighted by Crippen LogP contribution is 2.25. The van der Waals surface area contributed by atoms with Gasteiger partial charge < -0.3 is 5.32 Å². The van der Waals surface area contributed by atoms with Crippen LogP contribution in [0.3, 0.4) is 0 Å². The van der Waals surface area contributed by atoms with Crippen LogP contribution in [0.5, 0.6) is 0 Å². The van der Waals surface area contributed by atoms with Crippen LogP contribution >= 0.6 is 22.9 Å². The minimum absolute atomic E-state index is 0.00631. The molecule has 0 radical (unpaired) electrons. The summed E-state index contributed by atoms with van der Waals surface area (Å²) < 4.78 is 26.4. The second-order valence-electron chi connectivity index (χ2n) is 4.48. The minimum Gasteiger partial charge on any atom is -0.352 e. The van der Waals surface area contributed by atoms with E-state index >= 15 is 0 Å². The van der Waals surface area contributed by atoms with Gasteiger partial charge in [-0.05, 0) is 25.0 Å². The Kier molecular flexibility index (Phi) is 5.79. The standard InChI is InChI=1S/C11H17ClN2O3S2/c1-7(2)8(3)14-10(15)6-13-19(16,17)11-5-4-9(12)18-11/h4-5,7-8,13H,6H2,1-3H3,(H,14,15). The zero-order valence-corrected chi connectivity index (χ0v) is 13.3. The Hall–Kier alpha value is -0.630. The molecule has 0 fully saturated rings. The van der Waals surface area contributed by atoms with E-state index in [9.17, 15) is 13.2 Å². The summed E-state index contributed by atoms with van der Waals surface area (Å²) >= 11 is 6.63. The van der Waals surface area contributed by atoms with Gasteiger partial charge in [0.05, 0.1) is 10.9 Å². The molecule has 0 spiro atoms. The molecule has 1 aromatic heterocycles. The van der Waals surface area contributed by atoms with Crippen LogP contribution in [0.25, 0.3) is 0 Å². The summed E-state index contributed by atoms with van der Waals surface area (Å²) in [5.41, 5.74) is 0. The van der Waals surface area contributed by atoms with Gasteiger partial charge >= 0.3 is 0 Å². The number of hydrogen-bond donors (Lipinski definition) is 2. The zero-order chi connectivity index (χ0) is 14.6. The minimum atomic E-state index is -3.67. The predicted molar refractivity (Wildman–Crippen MR) is 77.0 cm³/mol. The number of thiophene rings is 1. The van der Waals surface area contributed by atoms with E-state index in [4.69, 9.17) is 11.6 Å². The van der Waals surface area contributed by atoms with Gasteiger partial charge in [-0.1, -0.05) is 25.4 Å². The quantitative estimate of drug-likeness (QED) is 0.838. The van der Waals surface area contributed by atoms with Crippen molar-refractivity contribution in [3.05, 3.63) is 16.5 Å². The molecule has 5 nitrogen and oxygen atoms in total. The number of nitrogens with one attached hydrogen (secondary N) is 2. The Morgan fingerprint density at radius 2 is 2.00 bits per heavy atom. The lowest BCUT2D eigenvalue weighted by molar-refractivity contribution is -0.120. The Balaban J connectivity index is 2.55. The number of sulfonamides is 1. The highest BCUT2D eigenvalue weighted by atomic mass is 35.5. The molecule has 108 valence electrons. The number of rotatable bonds is 6. The molecule has 1 heterocycles. The first-order chi connectivity index (χ1) is 8.72. The number of carbonyl (C=O) groups excluding carboxylic acids is 1. The normalized spacial score (nSPS) is 13.5. The fraction of sp³-hybridized carbons (Fsp3) is 0.545. The van der Waals surface area contributed by atoms with Crippen LogP contribution in [-0.2, 0) is 14.8 Å². The summed E-state index contributed by atoms with van der Waals surface area (Å²) in [6.45, 7) is 5.54. The molecule has 1 amide bonds. The van der Waals surface area contributed by atoms with E-state index in [0.29, 0.717) is 4.34 Å². The maximum atomic E-state index is 11.8. The third kappa shape index (κ3) is 5.10. The number of amides is 1. The molecular weight excluding hydrogens is 308 g/mol. The molecule has 0 saturated carbocycles. The van der Waals surface area contributed by atoms with Crippen molar-refractivity contribution in [2.75, 3.05) is 6.54 Å². The van der Waals surface area contributed by atoms with E-state index in [1.165, 1.54) is 12.1 Å². The molecule has 19 heavy (non-hydrogen) atoms. The average Bonchev–Trinajstić information content (AvgIpc) is 2.74. The number of carbonyl (C=O) groups is 1. The number of hydrogen-bond acceptors (Lipinski definition) is 4. The van der Waals surface area contributed by atoms with E-state index in [-0.39, 0.29) is 28.6 Å². The van der Waals surface area contributed by atoms with Crippen molar-refractivity contribution in [1.82, 2.24) is 10.0 Å². The predicted octanol–water partition coefficient (Wildman–Crippen LogP) is 1.84. The molecule has 0 aliphatic rings. The van der Waals surface area contributed by atoms with Gasteiger partial charge in [0, 0.05) is 6.04 Å². The van der Waals surface area contributed by atoms with Crippen molar-refractivity contribution in [2.24, 2.45) is 5.92 Å².